The third kappa shape index (κ3) is 1.60. The number of methoxy groups -OCH3 is 1. The third-order valence-electron chi connectivity index (χ3n) is 2.41. The molecule has 0 radical (unpaired) electrons. The van der Waals surface area contributed by atoms with Crippen LogP contribution in [0.5, 0.6) is 0 Å². The minimum Gasteiger partial charge on any atom is -0.352 e. The van der Waals surface area contributed by atoms with Crippen LogP contribution in [-0.2, 0) is 15.9 Å². The van der Waals surface area contributed by atoms with Gasteiger partial charge in [-0.1, -0.05) is 23.8 Å². The van der Waals surface area contributed by atoms with Crippen LogP contribution in [0.3, 0.4) is 0 Å². The molecule has 0 fully saturated rings. The standard InChI is InChI=1S/C11H14O2/c1-8-3-4-10-9(7-8)5-6-13-11(10)12-2/h3-4,7,11H,5-6H2,1-2H3/t11-/m0/s1. The molecular weight excluding hydrogens is 164 g/mol. The molecular formula is C11H14O2. The minimum absolute atomic E-state index is 0.163. The van der Waals surface area contributed by atoms with Gasteiger partial charge in [0.1, 0.15) is 0 Å². The van der Waals surface area contributed by atoms with Crippen molar-refractivity contribution in [3.63, 3.8) is 0 Å². The van der Waals surface area contributed by atoms with E-state index in [1.807, 2.05) is 0 Å². The van der Waals surface area contributed by atoms with Crippen LogP contribution in [0.2, 0.25) is 0 Å². The number of aryl methyl sites for hydroxylation is 1. The van der Waals surface area contributed by atoms with E-state index in [4.69, 9.17) is 9.47 Å². The van der Waals surface area contributed by atoms with E-state index < -0.39 is 0 Å². The molecule has 2 heteroatoms. The van der Waals surface area contributed by atoms with Crippen molar-refractivity contribution in [1.82, 2.24) is 0 Å². The quantitative estimate of drug-likeness (QED) is 0.656. The summed E-state index contributed by atoms with van der Waals surface area (Å²) in [6.07, 6.45) is 0.834. The van der Waals surface area contributed by atoms with Crippen molar-refractivity contribution in [2.45, 2.75) is 19.6 Å². The fraction of sp³-hybridized carbons (Fsp3) is 0.455. The molecule has 2 rings (SSSR count). The predicted octanol–water partition coefficient (Wildman–Crippen LogP) is 2.21. The number of ether oxygens (including phenoxy) is 2. The average Bonchev–Trinajstić information content (AvgIpc) is 2.16. The summed E-state index contributed by atoms with van der Waals surface area (Å²) < 4.78 is 10.7. The maximum Gasteiger partial charge on any atom is 0.183 e. The van der Waals surface area contributed by atoms with Crippen LogP contribution in [0.1, 0.15) is 23.0 Å². The summed E-state index contributed by atoms with van der Waals surface area (Å²) in [4.78, 5) is 0. The van der Waals surface area contributed by atoms with Crippen molar-refractivity contribution in [2.75, 3.05) is 13.7 Å². The zero-order valence-electron chi connectivity index (χ0n) is 8.04. The van der Waals surface area contributed by atoms with Crippen molar-refractivity contribution in [3.8, 4) is 0 Å². The summed E-state index contributed by atoms with van der Waals surface area (Å²) >= 11 is 0. The third-order valence-corrected chi connectivity index (χ3v) is 2.41. The van der Waals surface area contributed by atoms with Gasteiger partial charge >= 0.3 is 0 Å². The van der Waals surface area contributed by atoms with Gasteiger partial charge in [0.15, 0.2) is 6.29 Å². The van der Waals surface area contributed by atoms with Crippen molar-refractivity contribution < 1.29 is 9.47 Å². The Balaban J connectivity index is 2.40. The monoisotopic (exact) mass is 178 g/mol. The molecule has 0 spiro atoms. The van der Waals surface area contributed by atoms with Gasteiger partial charge in [0.05, 0.1) is 6.61 Å². The summed E-state index contributed by atoms with van der Waals surface area (Å²) in [5.41, 5.74) is 3.84. The van der Waals surface area contributed by atoms with Gasteiger partial charge in [0, 0.05) is 12.7 Å². The van der Waals surface area contributed by atoms with Crippen LogP contribution < -0.4 is 0 Å². The van der Waals surface area contributed by atoms with Gasteiger partial charge in [0.25, 0.3) is 0 Å². The molecule has 0 bridgehead atoms. The number of hydrogen-bond acceptors (Lipinski definition) is 2. The largest absolute Gasteiger partial charge is 0.352 e. The maximum absolute atomic E-state index is 5.47. The summed E-state index contributed by atoms with van der Waals surface area (Å²) in [6.45, 7) is 2.87. The van der Waals surface area contributed by atoms with E-state index in [0.29, 0.717) is 0 Å². The second-order valence-corrected chi connectivity index (χ2v) is 3.39. The maximum atomic E-state index is 5.47. The number of rotatable bonds is 1. The highest BCUT2D eigenvalue weighted by molar-refractivity contribution is 5.33. The Morgan fingerprint density at radius 1 is 1.46 bits per heavy atom. The molecule has 0 saturated heterocycles. The van der Waals surface area contributed by atoms with Gasteiger partial charge in [-0.15, -0.1) is 0 Å². The van der Waals surface area contributed by atoms with E-state index in [1.54, 1.807) is 7.11 Å². The van der Waals surface area contributed by atoms with Crippen molar-refractivity contribution in [3.05, 3.63) is 34.9 Å². The van der Waals surface area contributed by atoms with E-state index in [-0.39, 0.29) is 6.29 Å². The Morgan fingerprint density at radius 3 is 3.08 bits per heavy atom. The first-order valence-corrected chi connectivity index (χ1v) is 4.55. The summed E-state index contributed by atoms with van der Waals surface area (Å²) in [7, 11) is 1.68. The molecule has 2 nitrogen and oxygen atoms in total. The molecule has 0 unspecified atom stereocenters. The second kappa shape index (κ2) is 3.48. The van der Waals surface area contributed by atoms with Gasteiger partial charge < -0.3 is 9.47 Å². The van der Waals surface area contributed by atoms with E-state index in [2.05, 4.69) is 25.1 Å². The average molecular weight is 178 g/mol. The molecule has 13 heavy (non-hydrogen) atoms. The van der Waals surface area contributed by atoms with Crippen LogP contribution in [0, 0.1) is 6.92 Å². The first-order valence-electron chi connectivity index (χ1n) is 4.55. The number of fused-ring (bicyclic) bond motifs is 1. The predicted molar refractivity (Wildman–Crippen MR) is 50.6 cm³/mol. The fourth-order valence-corrected chi connectivity index (χ4v) is 1.74. The Hall–Kier alpha value is -0.860. The lowest BCUT2D eigenvalue weighted by molar-refractivity contribution is -0.134. The molecule has 0 amide bonds. The lowest BCUT2D eigenvalue weighted by atomic mass is 10.00. The van der Waals surface area contributed by atoms with E-state index >= 15 is 0 Å². The van der Waals surface area contributed by atoms with Crippen molar-refractivity contribution >= 4 is 0 Å². The molecule has 1 atom stereocenters. The minimum atomic E-state index is -0.163. The Bertz CT molecular complexity index is 307. The Morgan fingerprint density at radius 2 is 2.31 bits per heavy atom. The molecule has 1 heterocycles. The van der Waals surface area contributed by atoms with Gasteiger partial charge in [0.2, 0.25) is 0 Å². The zero-order chi connectivity index (χ0) is 9.26. The van der Waals surface area contributed by atoms with Crippen LogP contribution in [0.4, 0.5) is 0 Å². The number of hydrogen-bond donors (Lipinski definition) is 0. The molecule has 0 aromatic heterocycles. The van der Waals surface area contributed by atoms with Gasteiger partial charge in [-0.25, -0.2) is 0 Å². The van der Waals surface area contributed by atoms with Crippen LogP contribution in [-0.4, -0.2) is 13.7 Å². The SMILES string of the molecule is CO[C@H]1OCCc2cc(C)ccc21. The van der Waals surface area contributed by atoms with Gasteiger partial charge in [-0.05, 0) is 18.9 Å². The summed E-state index contributed by atoms with van der Waals surface area (Å²) in [6, 6.07) is 6.40. The molecule has 0 aliphatic carbocycles. The highest BCUT2D eigenvalue weighted by atomic mass is 16.7. The fourth-order valence-electron chi connectivity index (χ4n) is 1.74. The normalized spacial score (nSPS) is 21.2. The van der Waals surface area contributed by atoms with Crippen LogP contribution >= 0.6 is 0 Å². The Labute approximate surface area is 78.5 Å². The molecule has 1 aromatic rings. The van der Waals surface area contributed by atoms with Crippen LogP contribution in [0.15, 0.2) is 18.2 Å². The smallest absolute Gasteiger partial charge is 0.183 e. The first kappa shape index (κ1) is 8.73. The lowest BCUT2D eigenvalue weighted by Gasteiger charge is -2.24. The van der Waals surface area contributed by atoms with Crippen molar-refractivity contribution in [1.29, 1.82) is 0 Å². The lowest BCUT2D eigenvalue weighted by Crippen LogP contribution is -2.17. The molecule has 0 saturated carbocycles. The Kier molecular flexibility index (Phi) is 2.34. The topological polar surface area (TPSA) is 18.5 Å². The highest BCUT2D eigenvalue weighted by Gasteiger charge is 2.19. The summed E-state index contributed by atoms with van der Waals surface area (Å²) in [5.74, 6) is 0. The molecule has 1 aromatic carbocycles. The molecule has 1 aliphatic rings. The van der Waals surface area contributed by atoms with Gasteiger partial charge in [-0.3, -0.25) is 0 Å². The molecule has 70 valence electrons. The van der Waals surface area contributed by atoms with Gasteiger partial charge in [-0.2, -0.15) is 0 Å². The first-order chi connectivity index (χ1) is 6.31. The van der Waals surface area contributed by atoms with Crippen LogP contribution in [0.25, 0.3) is 0 Å². The highest BCUT2D eigenvalue weighted by Crippen LogP contribution is 2.27. The molecule has 0 N–H and O–H groups in total. The van der Waals surface area contributed by atoms with Crippen molar-refractivity contribution in [2.24, 2.45) is 0 Å². The number of benzene rings is 1. The van der Waals surface area contributed by atoms with E-state index in [9.17, 15) is 0 Å². The summed E-state index contributed by atoms with van der Waals surface area (Å²) in [5, 5.41) is 0. The van der Waals surface area contributed by atoms with E-state index in [1.165, 1.54) is 16.7 Å². The molecule has 1 aliphatic heterocycles. The van der Waals surface area contributed by atoms with E-state index in [0.717, 1.165) is 13.0 Å². The zero-order valence-corrected chi connectivity index (χ0v) is 8.04. The second-order valence-electron chi connectivity index (χ2n) is 3.39.